The van der Waals surface area contributed by atoms with E-state index in [0.717, 1.165) is 11.1 Å². The molecule has 0 amide bonds. The summed E-state index contributed by atoms with van der Waals surface area (Å²) in [6.45, 7) is 11.3. The van der Waals surface area contributed by atoms with Gasteiger partial charge in [-0.1, -0.05) is 64.4 Å². The second-order valence-corrected chi connectivity index (χ2v) is 11.9. The first-order valence-electron chi connectivity index (χ1n) is 10.7. The van der Waals surface area contributed by atoms with Crippen molar-refractivity contribution in [1.29, 1.82) is 0 Å². The molecule has 1 aromatic heterocycles. The average Bonchev–Trinajstić information content (AvgIpc) is 2.74. The Hall–Kier alpha value is -1.86. The third kappa shape index (κ3) is 4.82. The van der Waals surface area contributed by atoms with Gasteiger partial charge in [0.05, 0.1) is 29.1 Å². The molecule has 0 unspecified atom stereocenters. The summed E-state index contributed by atoms with van der Waals surface area (Å²) < 4.78 is 26.1. The first-order valence-corrected chi connectivity index (χ1v) is 12.8. The van der Waals surface area contributed by atoms with E-state index < -0.39 is 15.4 Å². The van der Waals surface area contributed by atoms with Crippen molar-refractivity contribution < 1.29 is 8.42 Å². The number of aromatic nitrogens is 2. The van der Waals surface area contributed by atoms with Crippen LogP contribution in [0, 0.1) is 23.2 Å². The fraction of sp³-hybridized carbons (Fsp3) is 0.565. The molecule has 1 fully saturated rings. The van der Waals surface area contributed by atoms with Crippen LogP contribution in [0.1, 0.15) is 41.0 Å². The number of benzene rings is 1. The van der Waals surface area contributed by atoms with Crippen LogP contribution in [0.15, 0.2) is 46.2 Å². The molecule has 1 heterocycles. The molecule has 1 aliphatic rings. The highest BCUT2D eigenvalue weighted by Crippen LogP contribution is 2.48. The molecule has 1 N–H and O–H groups in total. The Bertz CT molecular complexity index is 1080. The van der Waals surface area contributed by atoms with Crippen LogP contribution >= 0.6 is 11.6 Å². The van der Waals surface area contributed by atoms with Crippen molar-refractivity contribution in [1.82, 2.24) is 9.78 Å². The van der Waals surface area contributed by atoms with Gasteiger partial charge in [-0.25, -0.2) is 13.1 Å². The van der Waals surface area contributed by atoms with Gasteiger partial charge >= 0.3 is 0 Å². The first-order chi connectivity index (χ1) is 14.4. The number of anilines is 1. The van der Waals surface area contributed by atoms with E-state index in [1.165, 1.54) is 6.20 Å². The van der Waals surface area contributed by atoms with Gasteiger partial charge in [0.2, 0.25) is 0 Å². The smallest absolute Gasteiger partial charge is 0.287 e. The maximum Gasteiger partial charge on any atom is 0.287 e. The molecule has 0 spiro atoms. The van der Waals surface area contributed by atoms with Crippen LogP contribution in [0.25, 0.3) is 0 Å². The minimum atomic E-state index is -3.51. The number of sulfone groups is 1. The highest BCUT2D eigenvalue weighted by molar-refractivity contribution is 7.91. The lowest BCUT2D eigenvalue weighted by atomic mass is 9.58. The number of rotatable bonds is 6. The maximum atomic E-state index is 12.7. The Morgan fingerprint density at radius 1 is 1.19 bits per heavy atom. The van der Waals surface area contributed by atoms with Gasteiger partial charge in [-0.15, -0.1) is 0 Å². The minimum Gasteiger partial charge on any atom is -0.379 e. The summed E-state index contributed by atoms with van der Waals surface area (Å²) in [5, 5.41) is 7.67. The van der Waals surface area contributed by atoms with Gasteiger partial charge in [-0.05, 0) is 41.7 Å². The summed E-state index contributed by atoms with van der Waals surface area (Å²) in [7, 11) is -3.51. The van der Waals surface area contributed by atoms with Crippen molar-refractivity contribution in [3.8, 4) is 0 Å². The van der Waals surface area contributed by atoms with Crippen LogP contribution in [0.3, 0.4) is 0 Å². The van der Waals surface area contributed by atoms with Crippen molar-refractivity contribution >= 4 is 27.1 Å². The zero-order valence-electron chi connectivity index (χ0n) is 18.8. The minimum absolute atomic E-state index is 0.0458. The molecule has 170 valence electrons. The molecule has 3 rings (SSSR count). The second-order valence-electron chi connectivity index (χ2n) is 9.39. The van der Waals surface area contributed by atoms with Crippen LogP contribution in [-0.2, 0) is 16.4 Å². The zero-order chi connectivity index (χ0) is 23.0. The topological polar surface area (TPSA) is 81.1 Å². The van der Waals surface area contributed by atoms with Gasteiger partial charge in [0.15, 0.2) is 9.84 Å². The van der Waals surface area contributed by atoms with Crippen LogP contribution in [0.4, 0.5) is 5.69 Å². The molecule has 4 atom stereocenters. The van der Waals surface area contributed by atoms with E-state index in [1.807, 2.05) is 0 Å². The summed E-state index contributed by atoms with van der Waals surface area (Å²) >= 11 is 6.38. The van der Waals surface area contributed by atoms with Gasteiger partial charge in [0.1, 0.15) is 5.02 Å². The van der Waals surface area contributed by atoms with E-state index in [-0.39, 0.29) is 33.7 Å². The van der Waals surface area contributed by atoms with Crippen molar-refractivity contribution in [2.75, 3.05) is 11.1 Å². The molecule has 0 radical (unpaired) electrons. The van der Waals surface area contributed by atoms with Gasteiger partial charge < -0.3 is 5.32 Å². The van der Waals surface area contributed by atoms with Crippen molar-refractivity contribution in [3.63, 3.8) is 0 Å². The van der Waals surface area contributed by atoms with E-state index >= 15 is 0 Å². The van der Waals surface area contributed by atoms with Crippen LogP contribution in [0.5, 0.6) is 0 Å². The summed E-state index contributed by atoms with van der Waals surface area (Å²) in [6, 6.07) is 8.37. The normalized spacial score (nSPS) is 25.9. The number of hydrogen-bond acceptors (Lipinski definition) is 5. The van der Waals surface area contributed by atoms with E-state index in [1.54, 1.807) is 30.3 Å². The van der Waals surface area contributed by atoms with E-state index in [4.69, 9.17) is 11.6 Å². The first kappa shape index (κ1) is 23.8. The Labute approximate surface area is 189 Å². The summed E-state index contributed by atoms with van der Waals surface area (Å²) in [6.07, 6.45) is 2.51. The zero-order valence-corrected chi connectivity index (χ0v) is 20.4. The lowest BCUT2D eigenvalue weighted by molar-refractivity contribution is 0.0316. The van der Waals surface area contributed by atoms with Crippen molar-refractivity contribution in [2.24, 2.45) is 23.2 Å². The molecule has 0 bridgehead atoms. The molecule has 1 aromatic carbocycles. The predicted octanol–water partition coefficient (Wildman–Crippen LogP) is 4.49. The van der Waals surface area contributed by atoms with Gasteiger partial charge in [-0.2, -0.15) is 5.10 Å². The quantitative estimate of drug-likeness (QED) is 0.679. The Kier molecular flexibility index (Phi) is 6.87. The van der Waals surface area contributed by atoms with Gasteiger partial charge in [0, 0.05) is 6.04 Å². The largest absolute Gasteiger partial charge is 0.379 e. The number of nitrogens with one attached hydrogen (secondary N) is 1. The monoisotopic (exact) mass is 465 g/mol. The number of halogens is 1. The number of nitrogens with zero attached hydrogens (tertiary/aromatic N) is 2. The lowest BCUT2D eigenvalue weighted by Crippen LogP contribution is -2.48. The fourth-order valence-electron chi connectivity index (χ4n) is 4.44. The van der Waals surface area contributed by atoms with Crippen LogP contribution in [0.2, 0.25) is 5.02 Å². The molecule has 6 nitrogen and oxygen atoms in total. The standard InChI is InChI=1S/C23H32ClN3O3S/c1-15-13-19(16(2)17(3)23(15,4)5)26-20-14-25-27(22(28)21(20)24)11-12-31(29,30)18-9-7-6-8-10-18/h6-10,14-17,19,26H,11-13H2,1-5H3/t15-,16+,17+,19+/m0/s1. The molecular formula is C23H32ClN3O3S. The lowest BCUT2D eigenvalue weighted by Gasteiger charge is -2.50. The highest BCUT2D eigenvalue weighted by atomic mass is 35.5. The molecule has 31 heavy (non-hydrogen) atoms. The van der Waals surface area contributed by atoms with E-state index in [2.05, 4.69) is 45.0 Å². The molecular weight excluding hydrogens is 434 g/mol. The molecule has 8 heteroatoms. The third-order valence-corrected chi connectivity index (χ3v) is 9.55. The Morgan fingerprint density at radius 2 is 1.84 bits per heavy atom. The summed E-state index contributed by atoms with van der Waals surface area (Å²) in [5.74, 6) is 1.20. The Morgan fingerprint density at radius 3 is 2.48 bits per heavy atom. The molecule has 0 saturated heterocycles. The Balaban J connectivity index is 1.75. The predicted molar refractivity (Wildman–Crippen MR) is 125 cm³/mol. The maximum absolute atomic E-state index is 12.7. The van der Waals surface area contributed by atoms with E-state index in [9.17, 15) is 13.2 Å². The second kappa shape index (κ2) is 8.94. The van der Waals surface area contributed by atoms with Crippen molar-refractivity contribution in [2.45, 2.75) is 58.5 Å². The molecule has 1 saturated carbocycles. The van der Waals surface area contributed by atoms with Crippen LogP contribution < -0.4 is 10.9 Å². The molecule has 1 aliphatic carbocycles. The van der Waals surface area contributed by atoms with E-state index in [0.29, 0.717) is 23.4 Å². The summed E-state index contributed by atoms with van der Waals surface area (Å²) in [4.78, 5) is 13.0. The molecule has 2 aromatic rings. The molecule has 0 aliphatic heterocycles. The SMILES string of the molecule is C[C@@H]1[C@@H](C)C(C)(C)[C@@H](C)C[C@H]1Nc1cnn(CCS(=O)(=O)c2ccccc2)c(=O)c1Cl. The highest BCUT2D eigenvalue weighted by Gasteiger charge is 2.43. The average molecular weight is 466 g/mol. The van der Waals surface area contributed by atoms with Gasteiger partial charge in [-0.3, -0.25) is 4.79 Å². The number of hydrogen-bond donors (Lipinski definition) is 1. The van der Waals surface area contributed by atoms with Gasteiger partial charge in [0.25, 0.3) is 5.56 Å². The summed E-state index contributed by atoms with van der Waals surface area (Å²) in [5.41, 5.74) is 0.261. The van der Waals surface area contributed by atoms with Crippen LogP contribution in [-0.4, -0.2) is 30.0 Å². The van der Waals surface area contributed by atoms with Crippen molar-refractivity contribution in [3.05, 3.63) is 51.9 Å². The third-order valence-electron chi connectivity index (χ3n) is 7.47. The number of aryl methyl sites for hydroxylation is 1. The fourth-order valence-corrected chi connectivity index (χ4v) is 5.86.